The first-order valence-electron chi connectivity index (χ1n) is 13.2. The smallest absolute Gasteiger partial charge is 0.267 e. The highest BCUT2D eigenvalue weighted by Gasteiger charge is 2.37. The molecule has 1 saturated carbocycles. The largest absolute Gasteiger partial charge is 0.418 e. The van der Waals surface area contributed by atoms with Crippen LogP contribution in [0.1, 0.15) is 77.6 Å². The molecule has 0 atom stereocenters. The number of hydrogen-bond donors (Lipinski definition) is 0. The standard InChI is InChI=1S/C28H24F8N6O/c1-41-24(25(29)30)19(13-39-41)22-11-17(26(43)42(40-22)14-23-21(28(34,35)36)3-2-9-38-23)15-4-6-16(7-5-15)18-12-37-10-8-20(18)27(31,32)33/h2-3,8-13,15-16,25H,4-7,14H2,1H3. The van der Waals surface area contributed by atoms with Gasteiger partial charge in [-0.3, -0.25) is 19.4 Å². The van der Waals surface area contributed by atoms with E-state index in [2.05, 4.69) is 20.2 Å². The summed E-state index contributed by atoms with van der Waals surface area (Å²) in [4.78, 5) is 21.3. The highest BCUT2D eigenvalue weighted by Crippen LogP contribution is 2.44. The van der Waals surface area contributed by atoms with Gasteiger partial charge in [-0.1, -0.05) is 0 Å². The van der Waals surface area contributed by atoms with Gasteiger partial charge in [0.25, 0.3) is 12.0 Å². The molecule has 0 unspecified atom stereocenters. The van der Waals surface area contributed by atoms with E-state index < -0.39 is 65.2 Å². The summed E-state index contributed by atoms with van der Waals surface area (Å²) in [5.41, 5.74) is -3.66. The Morgan fingerprint density at radius 2 is 1.56 bits per heavy atom. The molecule has 1 aliphatic carbocycles. The van der Waals surface area contributed by atoms with Gasteiger partial charge >= 0.3 is 12.4 Å². The minimum Gasteiger partial charge on any atom is -0.267 e. The van der Waals surface area contributed by atoms with Crippen LogP contribution in [0.4, 0.5) is 35.1 Å². The molecular weight excluding hydrogens is 588 g/mol. The second-order valence-corrected chi connectivity index (χ2v) is 10.3. The molecule has 228 valence electrons. The predicted molar refractivity (Wildman–Crippen MR) is 137 cm³/mol. The summed E-state index contributed by atoms with van der Waals surface area (Å²) in [5.74, 6) is -1.00. The topological polar surface area (TPSA) is 78.5 Å². The van der Waals surface area contributed by atoms with Crippen molar-refractivity contribution in [1.29, 1.82) is 0 Å². The van der Waals surface area contributed by atoms with Crippen molar-refractivity contribution in [3.05, 3.63) is 93.0 Å². The molecule has 0 N–H and O–H groups in total. The van der Waals surface area contributed by atoms with Crippen molar-refractivity contribution >= 4 is 0 Å². The lowest BCUT2D eigenvalue weighted by Gasteiger charge is -2.30. The van der Waals surface area contributed by atoms with Crippen LogP contribution >= 0.6 is 0 Å². The molecule has 4 aromatic rings. The van der Waals surface area contributed by atoms with Crippen LogP contribution < -0.4 is 5.56 Å². The summed E-state index contributed by atoms with van der Waals surface area (Å²) in [6.07, 6.45) is -6.75. The third-order valence-corrected chi connectivity index (χ3v) is 7.73. The molecule has 15 heteroatoms. The molecule has 0 aliphatic heterocycles. The zero-order valence-electron chi connectivity index (χ0n) is 22.5. The molecule has 4 aromatic heterocycles. The third kappa shape index (κ3) is 6.15. The fraction of sp³-hybridized carbons (Fsp3) is 0.393. The quantitative estimate of drug-likeness (QED) is 0.222. The fourth-order valence-electron chi connectivity index (χ4n) is 5.67. The van der Waals surface area contributed by atoms with Crippen LogP contribution in [0.25, 0.3) is 11.3 Å². The first-order valence-corrected chi connectivity index (χ1v) is 13.2. The van der Waals surface area contributed by atoms with Crippen LogP contribution in [0, 0.1) is 0 Å². The van der Waals surface area contributed by atoms with E-state index in [1.807, 2.05) is 0 Å². The van der Waals surface area contributed by atoms with Crippen molar-refractivity contribution in [1.82, 2.24) is 29.5 Å². The zero-order valence-corrected chi connectivity index (χ0v) is 22.5. The van der Waals surface area contributed by atoms with Crippen molar-refractivity contribution < 1.29 is 35.1 Å². The highest BCUT2D eigenvalue weighted by atomic mass is 19.4. The molecule has 1 aliphatic rings. The van der Waals surface area contributed by atoms with Crippen molar-refractivity contribution in [3.8, 4) is 11.3 Å². The first-order chi connectivity index (χ1) is 20.3. The van der Waals surface area contributed by atoms with Gasteiger partial charge in [0.05, 0.1) is 35.3 Å². The molecule has 0 radical (unpaired) electrons. The number of nitrogens with zero attached hydrogens (tertiary/aromatic N) is 6. The van der Waals surface area contributed by atoms with E-state index >= 15 is 0 Å². The molecular formula is C28H24F8N6O. The Labute approximate surface area is 239 Å². The van der Waals surface area contributed by atoms with E-state index in [4.69, 9.17) is 0 Å². The van der Waals surface area contributed by atoms with Gasteiger partial charge in [0.2, 0.25) is 0 Å². The highest BCUT2D eigenvalue weighted by molar-refractivity contribution is 5.62. The van der Waals surface area contributed by atoms with Crippen LogP contribution in [0.2, 0.25) is 0 Å². The number of halogens is 8. The predicted octanol–water partition coefficient (Wildman–Crippen LogP) is 6.90. The molecule has 0 bridgehead atoms. The maximum absolute atomic E-state index is 13.9. The van der Waals surface area contributed by atoms with Gasteiger partial charge < -0.3 is 0 Å². The Hall–Kier alpha value is -4.17. The first kappa shape index (κ1) is 30.3. The van der Waals surface area contributed by atoms with Crippen molar-refractivity contribution in [3.63, 3.8) is 0 Å². The normalized spacial score (nSPS) is 17.9. The summed E-state index contributed by atoms with van der Waals surface area (Å²) < 4.78 is 111. The number of alkyl halides is 8. The summed E-state index contributed by atoms with van der Waals surface area (Å²) in [7, 11) is 1.29. The molecule has 1 fully saturated rings. The van der Waals surface area contributed by atoms with Gasteiger partial charge in [-0.25, -0.2) is 13.5 Å². The second kappa shape index (κ2) is 11.5. The maximum Gasteiger partial charge on any atom is 0.418 e. The lowest BCUT2D eigenvalue weighted by atomic mass is 9.75. The molecule has 5 rings (SSSR count). The van der Waals surface area contributed by atoms with Crippen LogP contribution in [-0.2, 0) is 25.9 Å². The lowest BCUT2D eigenvalue weighted by molar-refractivity contribution is -0.139. The van der Waals surface area contributed by atoms with Gasteiger partial charge in [-0.05, 0) is 67.3 Å². The van der Waals surface area contributed by atoms with Gasteiger partial charge in [0, 0.05) is 36.8 Å². The Morgan fingerprint density at radius 3 is 2.19 bits per heavy atom. The van der Waals surface area contributed by atoms with Crippen LogP contribution in [0.3, 0.4) is 0 Å². The number of hydrogen-bond acceptors (Lipinski definition) is 5. The summed E-state index contributed by atoms with van der Waals surface area (Å²) in [6, 6.07) is 4.14. The van der Waals surface area contributed by atoms with Crippen LogP contribution in [-0.4, -0.2) is 29.5 Å². The molecule has 4 heterocycles. The molecule has 0 saturated heterocycles. The Balaban J connectivity index is 1.55. The van der Waals surface area contributed by atoms with Gasteiger partial charge in [-0.15, -0.1) is 0 Å². The number of rotatable bonds is 6. The minimum absolute atomic E-state index is 0.0491. The van der Waals surface area contributed by atoms with E-state index in [0.717, 1.165) is 46.2 Å². The van der Waals surface area contributed by atoms with E-state index in [1.165, 1.54) is 19.3 Å². The maximum atomic E-state index is 13.9. The Kier molecular flexibility index (Phi) is 8.09. The average molecular weight is 613 g/mol. The SMILES string of the molecule is Cn1ncc(-c2cc(C3CCC(c4cnccc4C(F)(F)F)CC3)c(=O)n(Cc3ncccc3C(F)(F)F)n2)c1C(F)F. The van der Waals surface area contributed by atoms with Gasteiger partial charge in [-0.2, -0.15) is 36.5 Å². The second-order valence-electron chi connectivity index (χ2n) is 10.3. The minimum atomic E-state index is -4.78. The molecule has 0 aromatic carbocycles. The van der Waals surface area contributed by atoms with Crippen molar-refractivity contribution in [2.75, 3.05) is 0 Å². The Bertz CT molecular complexity index is 1670. The van der Waals surface area contributed by atoms with Crippen molar-refractivity contribution in [2.45, 2.75) is 62.8 Å². The number of aryl methyl sites for hydroxylation is 1. The third-order valence-electron chi connectivity index (χ3n) is 7.73. The van der Waals surface area contributed by atoms with E-state index in [-0.39, 0.29) is 48.1 Å². The number of pyridine rings is 2. The van der Waals surface area contributed by atoms with E-state index in [1.54, 1.807) is 0 Å². The molecule has 7 nitrogen and oxygen atoms in total. The number of aromatic nitrogens is 6. The average Bonchev–Trinajstić information content (AvgIpc) is 3.35. The van der Waals surface area contributed by atoms with Crippen LogP contribution in [0.5, 0.6) is 0 Å². The molecule has 0 amide bonds. The Morgan fingerprint density at radius 1 is 0.907 bits per heavy atom. The fourth-order valence-corrected chi connectivity index (χ4v) is 5.67. The summed E-state index contributed by atoms with van der Waals surface area (Å²) in [6.45, 7) is -0.695. The summed E-state index contributed by atoms with van der Waals surface area (Å²) >= 11 is 0. The van der Waals surface area contributed by atoms with Crippen LogP contribution in [0.15, 0.2) is 53.8 Å². The van der Waals surface area contributed by atoms with Gasteiger partial charge in [0.15, 0.2) is 0 Å². The monoisotopic (exact) mass is 612 g/mol. The van der Waals surface area contributed by atoms with Crippen molar-refractivity contribution in [2.24, 2.45) is 7.05 Å². The molecule has 0 spiro atoms. The lowest BCUT2D eigenvalue weighted by Crippen LogP contribution is -2.31. The molecule has 43 heavy (non-hydrogen) atoms. The zero-order chi connectivity index (χ0) is 31.1. The summed E-state index contributed by atoms with van der Waals surface area (Å²) in [5, 5.41) is 8.01. The van der Waals surface area contributed by atoms with Gasteiger partial charge in [0.1, 0.15) is 5.69 Å². The van der Waals surface area contributed by atoms with E-state index in [0.29, 0.717) is 0 Å². The van der Waals surface area contributed by atoms with E-state index in [9.17, 15) is 39.9 Å².